The van der Waals surface area contributed by atoms with E-state index in [0.29, 0.717) is 32.5 Å². The van der Waals surface area contributed by atoms with E-state index in [4.69, 9.17) is 14.2 Å². The Morgan fingerprint density at radius 2 is 1.80 bits per heavy atom. The lowest BCUT2D eigenvalue weighted by molar-refractivity contribution is -0.280. The largest absolute Gasteiger partial charge is 0.459 e. The molecule has 3 unspecified atom stereocenters. The number of aliphatic hydroxyl groups is 1. The smallest absolute Gasteiger partial charge is 0.318 e. The fourth-order valence-electron chi connectivity index (χ4n) is 4.10. The van der Waals surface area contributed by atoms with Crippen molar-refractivity contribution in [2.45, 2.75) is 63.9 Å². The topological polar surface area (TPSA) is 65.0 Å². The Morgan fingerprint density at radius 3 is 2.40 bits per heavy atom. The van der Waals surface area contributed by atoms with Gasteiger partial charge in [-0.3, -0.25) is 4.79 Å². The maximum absolute atomic E-state index is 12.8. The Balaban J connectivity index is 1.96. The van der Waals surface area contributed by atoms with Gasteiger partial charge >= 0.3 is 5.97 Å². The van der Waals surface area contributed by atoms with Crippen LogP contribution in [0, 0.1) is 11.3 Å². The minimum Gasteiger partial charge on any atom is -0.459 e. The van der Waals surface area contributed by atoms with Gasteiger partial charge < -0.3 is 19.3 Å². The van der Waals surface area contributed by atoms with Crippen LogP contribution in [0.15, 0.2) is 0 Å². The van der Waals surface area contributed by atoms with Gasteiger partial charge in [0.2, 0.25) is 0 Å². The summed E-state index contributed by atoms with van der Waals surface area (Å²) < 4.78 is 17.4. The average molecular weight is 284 g/mol. The van der Waals surface area contributed by atoms with E-state index >= 15 is 0 Å². The number of esters is 1. The minimum atomic E-state index is -0.965. The third-order valence-electron chi connectivity index (χ3n) is 4.87. The van der Waals surface area contributed by atoms with Crippen molar-refractivity contribution >= 4 is 5.97 Å². The second-order valence-corrected chi connectivity index (χ2v) is 7.20. The highest BCUT2D eigenvalue weighted by atomic mass is 16.7. The minimum absolute atomic E-state index is 0.119. The summed E-state index contributed by atoms with van der Waals surface area (Å²) in [6.07, 6.45) is 2.15. The van der Waals surface area contributed by atoms with E-state index in [1.807, 2.05) is 20.8 Å². The van der Waals surface area contributed by atoms with Crippen molar-refractivity contribution in [3.05, 3.63) is 0 Å². The molecule has 114 valence electrons. The highest BCUT2D eigenvalue weighted by Crippen LogP contribution is 2.62. The molecule has 5 nitrogen and oxygen atoms in total. The van der Waals surface area contributed by atoms with Crippen molar-refractivity contribution in [1.29, 1.82) is 0 Å². The average Bonchev–Trinajstić information content (AvgIpc) is 2.88. The molecule has 0 aromatic rings. The SMILES string of the molecule is CC(C)(C)OC(=O)C12CCC(O)C(CC1)C21OCCO1. The highest BCUT2D eigenvalue weighted by Gasteiger charge is 2.72. The third kappa shape index (κ3) is 1.83. The highest BCUT2D eigenvalue weighted by molar-refractivity contribution is 5.79. The lowest BCUT2D eigenvalue weighted by Crippen LogP contribution is -2.60. The Labute approximate surface area is 119 Å². The first kappa shape index (κ1) is 14.3. The molecule has 0 amide bonds. The summed E-state index contributed by atoms with van der Waals surface area (Å²) in [5, 5.41) is 10.2. The quantitative estimate of drug-likeness (QED) is 0.741. The molecule has 1 spiro atoms. The molecule has 20 heavy (non-hydrogen) atoms. The van der Waals surface area contributed by atoms with Crippen molar-refractivity contribution in [2.24, 2.45) is 11.3 Å². The van der Waals surface area contributed by atoms with Gasteiger partial charge in [0.25, 0.3) is 0 Å². The first-order chi connectivity index (χ1) is 9.31. The van der Waals surface area contributed by atoms with Crippen LogP contribution in [0.25, 0.3) is 0 Å². The van der Waals surface area contributed by atoms with Gasteiger partial charge in [0, 0.05) is 5.92 Å². The van der Waals surface area contributed by atoms with Gasteiger partial charge in [0.15, 0.2) is 5.79 Å². The van der Waals surface area contributed by atoms with Crippen LogP contribution >= 0.6 is 0 Å². The second kappa shape index (κ2) is 4.42. The van der Waals surface area contributed by atoms with E-state index in [2.05, 4.69) is 0 Å². The Bertz CT molecular complexity index is 407. The number of carbonyl (C=O) groups excluding carboxylic acids is 1. The van der Waals surface area contributed by atoms with E-state index in [1.54, 1.807) is 0 Å². The van der Waals surface area contributed by atoms with Gasteiger partial charge in [-0.15, -0.1) is 0 Å². The lowest BCUT2D eigenvalue weighted by atomic mass is 9.69. The van der Waals surface area contributed by atoms with Gasteiger partial charge in [0.05, 0.1) is 19.3 Å². The zero-order valence-electron chi connectivity index (χ0n) is 12.5. The molecule has 2 aliphatic carbocycles. The summed E-state index contributed by atoms with van der Waals surface area (Å²) in [6, 6.07) is 0. The Morgan fingerprint density at radius 1 is 1.20 bits per heavy atom. The fraction of sp³-hybridized carbons (Fsp3) is 0.933. The van der Waals surface area contributed by atoms with Crippen LogP contribution in [0.1, 0.15) is 46.5 Å². The van der Waals surface area contributed by atoms with Crippen molar-refractivity contribution in [1.82, 2.24) is 0 Å². The van der Waals surface area contributed by atoms with Crippen LogP contribution < -0.4 is 0 Å². The number of hydrogen-bond donors (Lipinski definition) is 1. The first-order valence-electron chi connectivity index (χ1n) is 7.50. The number of rotatable bonds is 1. The molecule has 5 heteroatoms. The molecule has 1 aliphatic heterocycles. The fourth-order valence-corrected chi connectivity index (χ4v) is 4.10. The molecule has 2 bridgehead atoms. The van der Waals surface area contributed by atoms with Gasteiger partial charge in [-0.05, 0) is 46.5 Å². The molecule has 3 fully saturated rings. The summed E-state index contributed by atoms with van der Waals surface area (Å²) in [6.45, 7) is 6.57. The second-order valence-electron chi connectivity index (χ2n) is 7.20. The Kier molecular flexibility index (Phi) is 3.16. The van der Waals surface area contributed by atoms with Gasteiger partial charge in [-0.2, -0.15) is 0 Å². The van der Waals surface area contributed by atoms with Crippen LogP contribution in [0.3, 0.4) is 0 Å². The summed E-state index contributed by atoms with van der Waals surface area (Å²) in [5.41, 5.74) is -1.28. The standard InChI is InChI=1S/C15H24O5/c1-13(2,3)20-12(17)14-6-4-10(11(16)5-7-14)15(14)18-8-9-19-15/h10-11,16H,4-9H2,1-3H3. The van der Waals surface area contributed by atoms with Crippen LogP contribution in [-0.2, 0) is 19.0 Å². The maximum atomic E-state index is 12.8. The third-order valence-corrected chi connectivity index (χ3v) is 4.87. The van der Waals surface area contributed by atoms with Crippen molar-refractivity contribution < 1.29 is 24.1 Å². The van der Waals surface area contributed by atoms with Crippen molar-refractivity contribution in [2.75, 3.05) is 13.2 Å². The first-order valence-corrected chi connectivity index (χ1v) is 7.50. The monoisotopic (exact) mass is 284 g/mol. The zero-order valence-corrected chi connectivity index (χ0v) is 12.5. The number of aliphatic hydroxyl groups excluding tert-OH is 1. The molecule has 3 aliphatic rings. The molecule has 1 saturated heterocycles. The van der Waals surface area contributed by atoms with Gasteiger partial charge in [-0.25, -0.2) is 0 Å². The molecule has 0 aromatic carbocycles. The predicted molar refractivity (Wildman–Crippen MR) is 70.9 cm³/mol. The van der Waals surface area contributed by atoms with Crippen LogP contribution in [0.4, 0.5) is 0 Å². The van der Waals surface area contributed by atoms with Crippen LogP contribution in [-0.4, -0.2) is 41.8 Å². The van der Waals surface area contributed by atoms with Crippen LogP contribution in [0.5, 0.6) is 0 Å². The van der Waals surface area contributed by atoms with E-state index in [0.717, 1.165) is 6.42 Å². The molecule has 3 atom stereocenters. The number of hydrogen-bond acceptors (Lipinski definition) is 5. The molecular weight excluding hydrogens is 260 g/mol. The van der Waals surface area contributed by atoms with Crippen LogP contribution in [0.2, 0.25) is 0 Å². The molecule has 0 aromatic heterocycles. The molecule has 1 heterocycles. The van der Waals surface area contributed by atoms with Crippen molar-refractivity contribution in [3.63, 3.8) is 0 Å². The predicted octanol–water partition coefficient (Wildman–Crippen LogP) is 1.62. The van der Waals surface area contributed by atoms with E-state index < -0.39 is 22.9 Å². The van der Waals surface area contributed by atoms with Crippen molar-refractivity contribution in [3.8, 4) is 0 Å². The van der Waals surface area contributed by atoms with E-state index in [9.17, 15) is 9.90 Å². The molecule has 0 radical (unpaired) electrons. The number of carbonyl (C=O) groups is 1. The summed E-state index contributed by atoms with van der Waals surface area (Å²) in [4.78, 5) is 12.8. The molecule has 2 saturated carbocycles. The zero-order chi connectivity index (χ0) is 14.6. The van der Waals surface area contributed by atoms with E-state index in [-0.39, 0.29) is 11.9 Å². The molecular formula is C15H24O5. The number of ether oxygens (including phenoxy) is 3. The van der Waals surface area contributed by atoms with Gasteiger partial charge in [-0.1, -0.05) is 0 Å². The summed E-state index contributed by atoms with van der Waals surface area (Å²) >= 11 is 0. The normalized spacial score (nSPS) is 39.2. The summed E-state index contributed by atoms with van der Waals surface area (Å²) in [5.74, 6) is -1.32. The lowest BCUT2D eigenvalue weighted by Gasteiger charge is -2.48. The van der Waals surface area contributed by atoms with Gasteiger partial charge in [0.1, 0.15) is 11.0 Å². The molecule has 3 rings (SSSR count). The Hall–Kier alpha value is -0.650. The van der Waals surface area contributed by atoms with E-state index in [1.165, 1.54) is 0 Å². The molecule has 1 N–H and O–H groups in total. The maximum Gasteiger partial charge on any atom is 0.318 e. The summed E-state index contributed by atoms with van der Waals surface area (Å²) in [7, 11) is 0.